The lowest BCUT2D eigenvalue weighted by Crippen LogP contribution is -2.47. The summed E-state index contributed by atoms with van der Waals surface area (Å²) in [6.45, 7) is 5.59. The Labute approximate surface area is 98.4 Å². The van der Waals surface area contributed by atoms with Crippen molar-refractivity contribution in [3.63, 3.8) is 0 Å². The SMILES string of the molecule is CCCC(C)CC(O)C1CSCCN1C. The van der Waals surface area contributed by atoms with Crippen LogP contribution >= 0.6 is 11.8 Å². The van der Waals surface area contributed by atoms with Gasteiger partial charge in [-0.25, -0.2) is 0 Å². The van der Waals surface area contributed by atoms with Crippen molar-refractivity contribution < 1.29 is 5.11 Å². The smallest absolute Gasteiger partial charge is 0.0705 e. The van der Waals surface area contributed by atoms with Crippen LogP contribution in [0.1, 0.15) is 33.1 Å². The van der Waals surface area contributed by atoms with E-state index in [9.17, 15) is 5.11 Å². The van der Waals surface area contributed by atoms with Crippen LogP contribution in [0.2, 0.25) is 0 Å². The number of likely N-dealkylation sites (N-methyl/N-ethyl adjacent to an activating group) is 1. The Morgan fingerprint density at radius 3 is 2.87 bits per heavy atom. The molecule has 1 rings (SSSR count). The molecule has 3 unspecified atom stereocenters. The Hall–Kier alpha value is 0.270. The van der Waals surface area contributed by atoms with Gasteiger partial charge >= 0.3 is 0 Å². The van der Waals surface area contributed by atoms with E-state index >= 15 is 0 Å². The maximum absolute atomic E-state index is 10.2. The van der Waals surface area contributed by atoms with Gasteiger partial charge in [-0.1, -0.05) is 26.7 Å². The van der Waals surface area contributed by atoms with Crippen molar-refractivity contribution in [2.24, 2.45) is 5.92 Å². The average Bonchev–Trinajstić information content (AvgIpc) is 2.18. The first-order chi connectivity index (χ1) is 7.15. The quantitative estimate of drug-likeness (QED) is 0.785. The number of nitrogens with zero attached hydrogens (tertiary/aromatic N) is 1. The van der Waals surface area contributed by atoms with E-state index in [4.69, 9.17) is 0 Å². The van der Waals surface area contributed by atoms with Crippen LogP contribution in [-0.4, -0.2) is 47.3 Å². The van der Waals surface area contributed by atoms with E-state index in [1.165, 1.54) is 18.6 Å². The number of aliphatic hydroxyl groups excluding tert-OH is 1. The fourth-order valence-electron chi connectivity index (χ4n) is 2.29. The third-order valence-electron chi connectivity index (χ3n) is 3.31. The van der Waals surface area contributed by atoms with Crippen molar-refractivity contribution in [3.8, 4) is 0 Å². The van der Waals surface area contributed by atoms with Crippen molar-refractivity contribution in [2.75, 3.05) is 25.1 Å². The zero-order valence-corrected chi connectivity index (χ0v) is 11.1. The van der Waals surface area contributed by atoms with Crippen molar-refractivity contribution in [1.82, 2.24) is 4.90 Å². The normalized spacial score (nSPS) is 27.6. The Morgan fingerprint density at radius 2 is 2.27 bits per heavy atom. The van der Waals surface area contributed by atoms with Gasteiger partial charge in [0.1, 0.15) is 0 Å². The lowest BCUT2D eigenvalue weighted by atomic mass is 9.95. The standard InChI is InChI=1S/C12H25NOS/c1-4-5-10(2)8-12(14)11-9-15-7-6-13(11)3/h10-12,14H,4-9H2,1-3H3. The summed E-state index contributed by atoms with van der Waals surface area (Å²) < 4.78 is 0. The highest BCUT2D eigenvalue weighted by Crippen LogP contribution is 2.22. The predicted molar refractivity (Wildman–Crippen MR) is 68.4 cm³/mol. The van der Waals surface area contributed by atoms with Crippen LogP contribution in [0.4, 0.5) is 0 Å². The molecule has 0 amide bonds. The summed E-state index contributed by atoms with van der Waals surface area (Å²) in [5.41, 5.74) is 0. The first-order valence-corrected chi connectivity index (χ1v) is 7.26. The molecule has 3 atom stereocenters. The van der Waals surface area contributed by atoms with Crippen molar-refractivity contribution in [2.45, 2.75) is 45.3 Å². The average molecular weight is 231 g/mol. The lowest BCUT2D eigenvalue weighted by molar-refractivity contribution is 0.0572. The summed E-state index contributed by atoms with van der Waals surface area (Å²) in [6, 6.07) is 0.378. The molecule has 1 N–H and O–H groups in total. The van der Waals surface area contributed by atoms with Gasteiger partial charge in [0.15, 0.2) is 0 Å². The van der Waals surface area contributed by atoms with Gasteiger partial charge in [-0.3, -0.25) is 4.90 Å². The van der Waals surface area contributed by atoms with Crippen molar-refractivity contribution in [3.05, 3.63) is 0 Å². The van der Waals surface area contributed by atoms with Gasteiger partial charge in [-0.15, -0.1) is 0 Å². The van der Waals surface area contributed by atoms with E-state index in [0.717, 1.165) is 18.7 Å². The highest BCUT2D eigenvalue weighted by atomic mass is 32.2. The molecule has 90 valence electrons. The fraction of sp³-hybridized carbons (Fsp3) is 1.00. The number of aliphatic hydroxyl groups is 1. The number of thioether (sulfide) groups is 1. The molecule has 0 aromatic heterocycles. The summed E-state index contributed by atoms with van der Waals surface area (Å²) >= 11 is 1.97. The van der Waals surface area contributed by atoms with Crippen molar-refractivity contribution >= 4 is 11.8 Å². The van der Waals surface area contributed by atoms with Crippen LogP contribution < -0.4 is 0 Å². The monoisotopic (exact) mass is 231 g/mol. The van der Waals surface area contributed by atoms with Crippen LogP contribution in [0.15, 0.2) is 0 Å². The summed E-state index contributed by atoms with van der Waals surface area (Å²) in [7, 11) is 2.14. The molecule has 0 aliphatic carbocycles. The Morgan fingerprint density at radius 1 is 1.53 bits per heavy atom. The van der Waals surface area contributed by atoms with Gasteiger partial charge < -0.3 is 5.11 Å². The predicted octanol–water partition coefficient (Wildman–Crippen LogP) is 2.22. The zero-order valence-electron chi connectivity index (χ0n) is 10.3. The molecule has 0 saturated carbocycles. The van der Waals surface area contributed by atoms with Crippen LogP contribution in [0.5, 0.6) is 0 Å². The molecule has 1 fully saturated rings. The number of hydrogen-bond donors (Lipinski definition) is 1. The molecule has 0 bridgehead atoms. The van der Waals surface area contributed by atoms with Crippen LogP contribution in [-0.2, 0) is 0 Å². The Kier molecular flexibility index (Phi) is 6.02. The maximum atomic E-state index is 10.2. The van der Waals surface area contributed by atoms with E-state index in [-0.39, 0.29) is 6.10 Å². The Balaban J connectivity index is 2.34. The lowest BCUT2D eigenvalue weighted by Gasteiger charge is -2.36. The van der Waals surface area contributed by atoms with E-state index in [1.54, 1.807) is 0 Å². The minimum Gasteiger partial charge on any atom is -0.391 e. The minimum absolute atomic E-state index is 0.135. The largest absolute Gasteiger partial charge is 0.391 e. The first-order valence-electron chi connectivity index (χ1n) is 6.11. The number of rotatable bonds is 5. The van der Waals surface area contributed by atoms with E-state index in [2.05, 4.69) is 25.8 Å². The highest BCUT2D eigenvalue weighted by Gasteiger charge is 2.27. The van der Waals surface area contributed by atoms with E-state index in [0.29, 0.717) is 12.0 Å². The first kappa shape index (κ1) is 13.3. The second-order valence-electron chi connectivity index (χ2n) is 4.82. The van der Waals surface area contributed by atoms with Gasteiger partial charge in [0.25, 0.3) is 0 Å². The molecule has 1 saturated heterocycles. The fourth-order valence-corrected chi connectivity index (χ4v) is 3.59. The summed E-state index contributed by atoms with van der Waals surface area (Å²) in [5.74, 6) is 2.96. The topological polar surface area (TPSA) is 23.5 Å². The second-order valence-corrected chi connectivity index (χ2v) is 5.97. The molecular weight excluding hydrogens is 206 g/mol. The van der Waals surface area contributed by atoms with Gasteiger partial charge in [0.05, 0.1) is 6.10 Å². The molecule has 0 radical (unpaired) electrons. The van der Waals surface area contributed by atoms with Crippen LogP contribution in [0.25, 0.3) is 0 Å². The highest BCUT2D eigenvalue weighted by molar-refractivity contribution is 7.99. The maximum Gasteiger partial charge on any atom is 0.0705 e. The number of hydrogen-bond acceptors (Lipinski definition) is 3. The molecule has 2 nitrogen and oxygen atoms in total. The van der Waals surface area contributed by atoms with Crippen LogP contribution in [0.3, 0.4) is 0 Å². The third kappa shape index (κ3) is 4.33. The van der Waals surface area contributed by atoms with E-state index in [1.807, 2.05) is 11.8 Å². The van der Waals surface area contributed by atoms with Gasteiger partial charge in [-0.2, -0.15) is 11.8 Å². The second kappa shape index (κ2) is 6.77. The molecule has 15 heavy (non-hydrogen) atoms. The zero-order chi connectivity index (χ0) is 11.3. The van der Waals surface area contributed by atoms with Gasteiger partial charge in [0, 0.05) is 24.1 Å². The molecule has 0 aromatic rings. The molecule has 0 aromatic carbocycles. The third-order valence-corrected chi connectivity index (χ3v) is 4.36. The summed E-state index contributed by atoms with van der Waals surface area (Å²) in [6.07, 6.45) is 3.29. The molecule has 1 heterocycles. The minimum atomic E-state index is -0.135. The van der Waals surface area contributed by atoms with Crippen molar-refractivity contribution in [1.29, 1.82) is 0 Å². The van der Waals surface area contributed by atoms with Gasteiger partial charge in [-0.05, 0) is 19.4 Å². The van der Waals surface area contributed by atoms with Gasteiger partial charge in [0.2, 0.25) is 0 Å². The summed E-state index contributed by atoms with van der Waals surface area (Å²) in [4.78, 5) is 2.32. The molecule has 3 heteroatoms. The molecule has 1 aliphatic heterocycles. The molecular formula is C12H25NOS. The molecule has 1 aliphatic rings. The van der Waals surface area contributed by atoms with E-state index < -0.39 is 0 Å². The van der Waals surface area contributed by atoms with Crippen LogP contribution in [0, 0.1) is 5.92 Å². The molecule has 0 spiro atoms. The Bertz CT molecular complexity index is 177. The summed E-state index contributed by atoms with van der Waals surface area (Å²) in [5, 5.41) is 10.2.